The van der Waals surface area contributed by atoms with Crippen LogP contribution in [0.5, 0.6) is 0 Å². The van der Waals surface area contributed by atoms with E-state index < -0.39 is 0 Å². The molecule has 0 aliphatic rings. The molecule has 1 aromatic heterocycles. The molecule has 1 heterocycles. The van der Waals surface area contributed by atoms with E-state index in [-0.39, 0.29) is 11.9 Å². The van der Waals surface area contributed by atoms with Gasteiger partial charge in [-0.15, -0.1) is 11.3 Å². The van der Waals surface area contributed by atoms with Crippen molar-refractivity contribution in [1.82, 2.24) is 5.43 Å². The first-order valence-electron chi connectivity index (χ1n) is 5.24. The molecule has 0 saturated heterocycles. The fraction of sp³-hybridized carbons (Fsp3) is 0.167. The summed E-state index contributed by atoms with van der Waals surface area (Å²) in [7, 11) is 0. The highest BCUT2D eigenvalue weighted by molar-refractivity contribution is 9.10. The minimum atomic E-state index is -0.294. The Bertz CT molecular complexity index is 547. The van der Waals surface area contributed by atoms with Crippen molar-refractivity contribution in [2.24, 2.45) is 5.84 Å². The molecule has 2 rings (SSSR count). The summed E-state index contributed by atoms with van der Waals surface area (Å²) in [6.07, 6.45) is 0.542. The van der Waals surface area contributed by atoms with E-state index >= 15 is 0 Å². The lowest BCUT2D eigenvalue weighted by Gasteiger charge is -2.15. The highest BCUT2D eigenvalue weighted by Gasteiger charge is 2.15. The van der Waals surface area contributed by atoms with Crippen molar-refractivity contribution in [1.29, 1.82) is 0 Å². The number of nitrogens with one attached hydrogen (secondary N) is 1. The topological polar surface area (TPSA) is 38.0 Å². The van der Waals surface area contributed by atoms with E-state index in [1.54, 1.807) is 17.4 Å². The second-order valence-electron chi connectivity index (χ2n) is 3.83. The summed E-state index contributed by atoms with van der Waals surface area (Å²) >= 11 is 11.0. The predicted molar refractivity (Wildman–Crippen MR) is 77.2 cm³/mol. The summed E-state index contributed by atoms with van der Waals surface area (Å²) in [6.45, 7) is 0. The molecule has 0 radical (unpaired) electrons. The monoisotopic (exact) mass is 348 g/mol. The maximum Gasteiger partial charge on any atom is 0.123 e. The lowest BCUT2D eigenvalue weighted by molar-refractivity contribution is 0.556. The molecule has 0 amide bonds. The Labute approximate surface area is 122 Å². The Morgan fingerprint density at radius 1 is 1.44 bits per heavy atom. The number of nitrogens with two attached hydrogens (primary N) is 1. The van der Waals surface area contributed by atoms with Crippen molar-refractivity contribution < 1.29 is 4.39 Å². The van der Waals surface area contributed by atoms with E-state index in [0.29, 0.717) is 11.4 Å². The number of benzene rings is 1. The molecule has 0 fully saturated rings. The molecule has 0 bridgehead atoms. The highest BCUT2D eigenvalue weighted by atomic mass is 79.9. The van der Waals surface area contributed by atoms with E-state index in [1.807, 2.05) is 11.4 Å². The van der Waals surface area contributed by atoms with Crippen LogP contribution in [0.3, 0.4) is 0 Å². The van der Waals surface area contributed by atoms with E-state index in [0.717, 1.165) is 14.9 Å². The smallest absolute Gasteiger partial charge is 0.123 e. The summed E-state index contributed by atoms with van der Waals surface area (Å²) in [4.78, 5) is 1.07. The first-order chi connectivity index (χ1) is 8.60. The van der Waals surface area contributed by atoms with Crippen molar-refractivity contribution in [2.75, 3.05) is 0 Å². The Hall–Kier alpha value is -0.460. The molecule has 0 aliphatic heterocycles. The molecular formula is C12H11BrClFN2S. The summed E-state index contributed by atoms with van der Waals surface area (Å²) in [5.74, 6) is 5.26. The van der Waals surface area contributed by atoms with Gasteiger partial charge < -0.3 is 0 Å². The summed E-state index contributed by atoms with van der Waals surface area (Å²) in [5, 5.41) is 2.53. The van der Waals surface area contributed by atoms with Crippen LogP contribution in [-0.4, -0.2) is 0 Å². The number of hydrogen-bond acceptors (Lipinski definition) is 3. The van der Waals surface area contributed by atoms with E-state index in [4.69, 9.17) is 17.4 Å². The quantitative estimate of drug-likeness (QED) is 0.645. The summed E-state index contributed by atoms with van der Waals surface area (Å²) in [6, 6.07) is 6.25. The van der Waals surface area contributed by atoms with Crippen LogP contribution >= 0.6 is 38.9 Å². The molecular weight excluding hydrogens is 339 g/mol. The Balaban J connectivity index is 2.22. The first kappa shape index (κ1) is 14.0. The van der Waals surface area contributed by atoms with Gasteiger partial charge >= 0.3 is 0 Å². The zero-order chi connectivity index (χ0) is 13.1. The van der Waals surface area contributed by atoms with Crippen LogP contribution in [0.4, 0.5) is 4.39 Å². The number of thiophene rings is 1. The largest absolute Gasteiger partial charge is 0.271 e. The SMILES string of the molecule is NNC(Cc1cc(F)ccc1Cl)c1cc(Br)cs1. The van der Waals surface area contributed by atoms with Crippen molar-refractivity contribution in [3.63, 3.8) is 0 Å². The van der Waals surface area contributed by atoms with Crippen LogP contribution < -0.4 is 11.3 Å². The normalized spacial score (nSPS) is 12.7. The van der Waals surface area contributed by atoms with Crippen LogP contribution in [0.25, 0.3) is 0 Å². The van der Waals surface area contributed by atoms with E-state index in [1.165, 1.54) is 12.1 Å². The molecule has 0 spiro atoms. The van der Waals surface area contributed by atoms with Crippen LogP contribution in [0.2, 0.25) is 5.02 Å². The summed E-state index contributed by atoms with van der Waals surface area (Å²) in [5.41, 5.74) is 3.48. The van der Waals surface area contributed by atoms with Crippen molar-refractivity contribution in [2.45, 2.75) is 12.5 Å². The molecule has 3 N–H and O–H groups in total. The minimum Gasteiger partial charge on any atom is -0.271 e. The number of hydrogen-bond donors (Lipinski definition) is 2. The number of halogens is 3. The third-order valence-corrected chi connectivity index (χ3v) is 4.74. The average molecular weight is 350 g/mol. The molecule has 2 aromatic rings. The molecule has 6 heteroatoms. The molecule has 0 saturated carbocycles. The lowest BCUT2D eigenvalue weighted by atomic mass is 10.0. The molecule has 1 aromatic carbocycles. The van der Waals surface area contributed by atoms with Crippen LogP contribution in [-0.2, 0) is 6.42 Å². The third-order valence-electron chi connectivity index (χ3n) is 2.56. The number of hydrazine groups is 1. The van der Waals surface area contributed by atoms with E-state index in [2.05, 4.69) is 21.4 Å². The van der Waals surface area contributed by atoms with Crippen molar-refractivity contribution in [3.8, 4) is 0 Å². The van der Waals surface area contributed by atoms with Gasteiger partial charge in [0.25, 0.3) is 0 Å². The molecule has 1 unspecified atom stereocenters. The molecule has 1 atom stereocenters. The maximum atomic E-state index is 13.2. The van der Waals surface area contributed by atoms with Gasteiger partial charge in [-0.2, -0.15) is 0 Å². The Morgan fingerprint density at radius 2 is 2.22 bits per heavy atom. The van der Waals surface area contributed by atoms with Crippen LogP contribution in [0.15, 0.2) is 34.1 Å². The van der Waals surface area contributed by atoms with Gasteiger partial charge in [0, 0.05) is 19.8 Å². The first-order valence-corrected chi connectivity index (χ1v) is 7.29. The predicted octanol–water partition coefficient (Wildman–Crippen LogP) is 4.05. The fourth-order valence-corrected chi connectivity index (χ4v) is 3.37. The van der Waals surface area contributed by atoms with E-state index in [9.17, 15) is 4.39 Å². The molecule has 0 aliphatic carbocycles. The van der Waals surface area contributed by atoms with Gasteiger partial charge in [-0.05, 0) is 52.2 Å². The van der Waals surface area contributed by atoms with Gasteiger partial charge in [0.05, 0.1) is 6.04 Å². The molecule has 2 nitrogen and oxygen atoms in total. The lowest BCUT2D eigenvalue weighted by Crippen LogP contribution is -2.29. The zero-order valence-corrected chi connectivity index (χ0v) is 12.4. The van der Waals surface area contributed by atoms with Gasteiger partial charge in [0.15, 0.2) is 0 Å². The summed E-state index contributed by atoms with van der Waals surface area (Å²) < 4.78 is 14.2. The maximum absolute atomic E-state index is 13.2. The highest BCUT2D eigenvalue weighted by Crippen LogP contribution is 2.29. The van der Waals surface area contributed by atoms with Gasteiger partial charge in [-0.3, -0.25) is 11.3 Å². The third kappa shape index (κ3) is 3.30. The second-order valence-corrected chi connectivity index (χ2v) is 6.09. The molecule has 18 heavy (non-hydrogen) atoms. The number of rotatable bonds is 4. The average Bonchev–Trinajstić information content (AvgIpc) is 2.77. The van der Waals surface area contributed by atoms with Gasteiger partial charge in [0.1, 0.15) is 5.82 Å². The van der Waals surface area contributed by atoms with Crippen LogP contribution in [0.1, 0.15) is 16.5 Å². The Morgan fingerprint density at radius 3 is 2.83 bits per heavy atom. The zero-order valence-electron chi connectivity index (χ0n) is 9.29. The van der Waals surface area contributed by atoms with Crippen LogP contribution in [0, 0.1) is 5.82 Å². The van der Waals surface area contributed by atoms with Gasteiger partial charge in [-0.1, -0.05) is 11.6 Å². The van der Waals surface area contributed by atoms with Crippen molar-refractivity contribution >= 4 is 38.9 Å². The second kappa shape index (κ2) is 6.12. The molecule has 96 valence electrons. The fourth-order valence-electron chi connectivity index (χ4n) is 1.67. The van der Waals surface area contributed by atoms with Gasteiger partial charge in [0.2, 0.25) is 0 Å². The Kier molecular flexibility index (Phi) is 4.75. The van der Waals surface area contributed by atoms with Gasteiger partial charge in [-0.25, -0.2) is 4.39 Å². The van der Waals surface area contributed by atoms with Crippen molar-refractivity contribution in [3.05, 3.63) is 55.4 Å². The standard InChI is InChI=1S/C12H11BrClFN2S/c13-8-5-12(18-6-8)11(17-16)4-7-3-9(15)1-2-10(7)14/h1-3,5-6,11,17H,4,16H2. The minimum absolute atomic E-state index is 0.0828.